The summed E-state index contributed by atoms with van der Waals surface area (Å²) in [5, 5.41) is 6.15. The number of hydrogen-bond donors (Lipinski definition) is 0. The lowest BCUT2D eigenvalue weighted by Gasteiger charge is -2.37. The van der Waals surface area contributed by atoms with Gasteiger partial charge in [0.15, 0.2) is 0 Å². The first-order valence-electron chi connectivity index (χ1n) is 13.9. The van der Waals surface area contributed by atoms with Gasteiger partial charge in [0.2, 0.25) is 5.88 Å². The van der Waals surface area contributed by atoms with Gasteiger partial charge >= 0.3 is 5.97 Å². The lowest BCUT2D eigenvalue weighted by Crippen LogP contribution is -2.38. The molecule has 0 aliphatic rings. The van der Waals surface area contributed by atoms with Crippen LogP contribution in [0.4, 0.5) is 0 Å². The van der Waals surface area contributed by atoms with Crippen molar-refractivity contribution in [1.82, 2.24) is 19.3 Å². The number of rotatable bonds is 8. The minimum atomic E-state index is -0.849. The van der Waals surface area contributed by atoms with Crippen molar-refractivity contribution >= 4 is 16.9 Å². The van der Waals surface area contributed by atoms with Crippen molar-refractivity contribution in [2.75, 3.05) is 14.2 Å². The molecule has 6 rings (SSSR count). The second-order valence-electron chi connectivity index (χ2n) is 10.4. The molecule has 0 unspecified atom stereocenters. The van der Waals surface area contributed by atoms with Crippen LogP contribution in [-0.4, -0.2) is 39.5 Å². The summed E-state index contributed by atoms with van der Waals surface area (Å²) in [5.41, 5.74) is 5.00. The fraction of sp³-hybridized carbons (Fsp3) is 0.171. The van der Waals surface area contributed by atoms with Crippen LogP contribution < -0.4 is 4.74 Å². The number of benzene rings is 3. The van der Waals surface area contributed by atoms with Gasteiger partial charge in [-0.1, -0.05) is 91.0 Å². The third-order valence-corrected chi connectivity index (χ3v) is 7.72. The number of esters is 1. The molecule has 0 aliphatic carbocycles. The highest BCUT2D eigenvalue weighted by Gasteiger charge is 2.41. The molecule has 0 radical (unpaired) electrons. The van der Waals surface area contributed by atoms with Crippen molar-refractivity contribution in [3.8, 4) is 17.1 Å². The summed E-state index contributed by atoms with van der Waals surface area (Å²) >= 11 is 0. The van der Waals surface area contributed by atoms with Gasteiger partial charge in [-0.15, -0.1) is 0 Å². The van der Waals surface area contributed by atoms with E-state index in [-0.39, 0.29) is 6.04 Å². The van der Waals surface area contributed by atoms with Crippen LogP contribution >= 0.6 is 0 Å². The summed E-state index contributed by atoms with van der Waals surface area (Å²) in [4.78, 5) is 17.4. The standard InChI is InChI=1S/C35H32N4O3/c1-24(2)38-23-25(22-30(38)34(40)42-4)32-31-29(20-21-36-33(31)41-3)39(37-32)35(26-14-8-5-9-15-26,27-16-10-6-11-17-27)28-18-12-7-13-19-28/h5-24H,1-4H3. The Labute approximate surface area is 245 Å². The van der Waals surface area contributed by atoms with E-state index in [4.69, 9.17) is 14.6 Å². The molecule has 0 spiro atoms. The predicted molar refractivity (Wildman–Crippen MR) is 164 cm³/mol. The molecule has 3 aromatic carbocycles. The number of nitrogens with zero attached hydrogens (tertiary/aromatic N) is 4. The lowest BCUT2D eigenvalue weighted by molar-refractivity contribution is 0.0586. The first-order chi connectivity index (χ1) is 20.5. The fourth-order valence-electron chi connectivity index (χ4n) is 5.86. The number of carbonyl (C=O) groups is 1. The Morgan fingerprint density at radius 3 is 1.83 bits per heavy atom. The van der Waals surface area contributed by atoms with Gasteiger partial charge in [-0.25, -0.2) is 14.5 Å². The zero-order valence-electron chi connectivity index (χ0n) is 24.1. The molecular formula is C35H32N4O3. The summed E-state index contributed by atoms with van der Waals surface area (Å²) in [5.74, 6) is 0.0460. The number of methoxy groups -OCH3 is 2. The topological polar surface area (TPSA) is 71.2 Å². The molecule has 42 heavy (non-hydrogen) atoms. The number of fused-ring (bicyclic) bond motifs is 1. The summed E-state index contributed by atoms with van der Waals surface area (Å²) in [7, 11) is 3.01. The summed E-state index contributed by atoms with van der Waals surface area (Å²) in [6.07, 6.45) is 3.69. The predicted octanol–water partition coefficient (Wildman–Crippen LogP) is 7.12. The molecule has 7 nitrogen and oxygen atoms in total. The van der Waals surface area contributed by atoms with E-state index in [0.29, 0.717) is 17.3 Å². The van der Waals surface area contributed by atoms with Crippen molar-refractivity contribution in [2.24, 2.45) is 0 Å². The number of hydrogen-bond acceptors (Lipinski definition) is 5. The van der Waals surface area contributed by atoms with E-state index in [2.05, 4.69) is 82.5 Å². The van der Waals surface area contributed by atoms with Gasteiger partial charge in [-0.3, -0.25) is 0 Å². The van der Waals surface area contributed by atoms with Gasteiger partial charge in [-0.2, -0.15) is 5.10 Å². The third-order valence-electron chi connectivity index (χ3n) is 7.72. The van der Waals surface area contributed by atoms with Crippen LogP contribution in [0.2, 0.25) is 0 Å². The van der Waals surface area contributed by atoms with Crippen LogP contribution in [0.25, 0.3) is 22.2 Å². The van der Waals surface area contributed by atoms with Crippen molar-refractivity contribution in [2.45, 2.75) is 25.4 Å². The van der Waals surface area contributed by atoms with E-state index >= 15 is 0 Å². The number of aromatic nitrogens is 4. The highest BCUT2D eigenvalue weighted by Crippen LogP contribution is 2.45. The lowest BCUT2D eigenvalue weighted by atomic mass is 9.77. The second kappa shape index (κ2) is 11.0. The summed E-state index contributed by atoms with van der Waals surface area (Å²) in [6.45, 7) is 4.06. The molecule has 0 atom stereocenters. The SMILES string of the molecule is COC(=O)c1cc(-c2nn(C(c3ccccc3)(c3ccccc3)c3ccccc3)c3ccnc(OC)c23)cn1C(C)C. The van der Waals surface area contributed by atoms with E-state index in [1.807, 2.05) is 54.9 Å². The first-order valence-corrected chi connectivity index (χ1v) is 13.9. The minimum absolute atomic E-state index is 0.0262. The highest BCUT2D eigenvalue weighted by atomic mass is 16.5. The van der Waals surface area contributed by atoms with Gasteiger partial charge in [0.1, 0.15) is 16.9 Å². The molecule has 6 aromatic rings. The third kappa shape index (κ3) is 4.25. The van der Waals surface area contributed by atoms with Crippen LogP contribution in [0, 0.1) is 0 Å². The normalized spacial score (nSPS) is 11.6. The smallest absolute Gasteiger partial charge is 0.354 e. The molecule has 210 valence electrons. The van der Waals surface area contributed by atoms with E-state index < -0.39 is 11.5 Å². The molecule has 0 bridgehead atoms. The maximum absolute atomic E-state index is 12.8. The van der Waals surface area contributed by atoms with Crippen molar-refractivity contribution in [1.29, 1.82) is 0 Å². The average molecular weight is 557 g/mol. The van der Waals surface area contributed by atoms with Gasteiger partial charge in [0.25, 0.3) is 0 Å². The number of pyridine rings is 1. The Bertz CT molecular complexity index is 1750. The zero-order valence-corrected chi connectivity index (χ0v) is 24.1. The molecule has 0 saturated heterocycles. The Morgan fingerprint density at radius 1 is 0.810 bits per heavy atom. The molecule has 0 saturated carbocycles. The van der Waals surface area contributed by atoms with Crippen LogP contribution in [0.15, 0.2) is 116 Å². The molecule has 0 amide bonds. The molecular weight excluding hydrogens is 524 g/mol. The van der Waals surface area contributed by atoms with Crippen LogP contribution in [-0.2, 0) is 10.3 Å². The van der Waals surface area contributed by atoms with E-state index in [1.165, 1.54) is 7.11 Å². The van der Waals surface area contributed by atoms with Crippen molar-refractivity contribution in [3.63, 3.8) is 0 Å². The Kier molecular flexibility index (Phi) is 7.08. The molecule has 3 heterocycles. The van der Waals surface area contributed by atoms with Crippen molar-refractivity contribution < 1.29 is 14.3 Å². The summed E-state index contributed by atoms with van der Waals surface area (Å²) in [6, 6.07) is 35.0. The molecule has 0 aliphatic heterocycles. The Morgan fingerprint density at radius 2 is 1.36 bits per heavy atom. The number of ether oxygens (including phenoxy) is 2. The van der Waals surface area contributed by atoms with Gasteiger partial charge in [-0.05, 0) is 42.7 Å². The first kappa shape index (κ1) is 27.0. The highest BCUT2D eigenvalue weighted by molar-refractivity contribution is 5.99. The largest absolute Gasteiger partial charge is 0.480 e. The molecule has 0 N–H and O–H groups in total. The fourth-order valence-corrected chi connectivity index (χ4v) is 5.86. The van der Waals surface area contributed by atoms with Crippen LogP contribution in [0.5, 0.6) is 5.88 Å². The maximum Gasteiger partial charge on any atom is 0.354 e. The van der Waals surface area contributed by atoms with Crippen LogP contribution in [0.3, 0.4) is 0 Å². The monoisotopic (exact) mass is 556 g/mol. The maximum atomic E-state index is 12.8. The Balaban J connectivity index is 1.77. The minimum Gasteiger partial charge on any atom is -0.480 e. The van der Waals surface area contributed by atoms with E-state index in [0.717, 1.165) is 33.2 Å². The molecule has 3 aromatic heterocycles. The summed E-state index contributed by atoms with van der Waals surface area (Å²) < 4.78 is 14.9. The van der Waals surface area contributed by atoms with Crippen LogP contribution in [0.1, 0.15) is 47.1 Å². The second-order valence-corrected chi connectivity index (χ2v) is 10.4. The quantitative estimate of drug-likeness (QED) is 0.148. The zero-order chi connectivity index (χ0) is 29.3. The molecule has 0 fully saturated rings. The van der Waals surface area contributed by atoms with Gasteiger partial charge < -0.3 is 14.0 Å². The van der Waals surface area contributed by atoms with Gasteiger partial charge in [0, 0.05) is 24.0 Å². The van der Waals surface area contributed by atoms with Crippen molar-refractivity contribution in [3.05, 3.63) is 138 Å². The Hall–Kier alpha value is -5.17. The molecule has 7 heteroatoms. The van der Waals surface area contributed by atoms with E-state index in [1.54, 1.807) is 13.3 Å². The van der Waals surface area contributed by atoms with E-state index in [9.17, 15) is 4.79 Å². The van der Waals surface area contributed by atoms with Gasteiger partial charge in [0.05, 0.1) is 25.1 Å². The average Bonchev–Trinajstić information content (AvgIpc) is 3.66. The number of carbonyl (C=O) groups excluding carboxylic acids is 1.